The van der Waals surface area contributed by atoms with Crippen molar-refractivity contribution in [2.75, 3.05) is 20.3 Å². The SMILES string of the molecule is CCC(CC)N(CCOC)C(=O)C(C#N)(CC)CC. The molecular formula is C15H28N2O2. The quantitative estimate of drug-likeness (QED) is 0.646. The number of amides is 1. The Hall–Kier alpha value is -1.08. The molecule has 0 fully saturated rings. The number of carbonyl (C=O) groups excluding carboxylic acids is 1. The van der Waals surface area contributed by atoms with Gasteiger partial charge < -0.3 is 9.64 Å². The minimum absolute atomic E-state index is 0.0363. The molecule has 4 heteroatoms. The fraction of sp³-hybridized carbons (Fsp3) is 0.867. The van der Waals surface area contributed by atoms with E-state index in [1.807, 2.05) is 18.7 Å². The lowest BCUT2D eigenvalue weighted by Crippen LogP contribution is -2.49. The number of rotatable bonds is 9. The van der Waals surface area contributed by atoms with Crippen LogP contribution in [0.5, 0.6) is 0 Å². The summed E-state index contributed by atoms with van der Waals surface area (Å²) < 4.78 is 5.10. The van der Waals surface area contributed by atoms with Crippen LogP contribution in [0.15, 0.2) is 0 Å². The van der Waals surface area contributed by atoms with Crippen LogP contribution in [0.2, 0.25) is 0 Å². The average Bonchev–Trinajstić information content (AvgIpc) is 2.45. The van der Waals surface area contributed by atoms with Gasteiger partial charge in [0.15, 0.2) is 0 Å². The van der Waals surface area contributed by atoms with E-state index in [4.69, 9.17) is 4.74 Å². The Morgan fingerprint density at radius 1 is 1.26 bits per heavy atom. The molecule has 0 aliphatic heterocycles. The third-order valence-electron chi connectivity index (χ3n) is 4.01. The third kappa shape index (κ3) is 4.21. The Morgan fingerprint density at radius 3 is 2.11 bits per heavy atom. The number of hydrogen-bond donors (Lipinski definition) is 0. The lowest BCUT2D eigenvalue weighted by atomic mass is 9.82. The molecule has 0 heterocycles. The number of nitrogens with zero attached hydrogens (tertiary/aromatic N) is 2. The second-order valence-electron chi connectivity index (χ2n) is 4.86. The summed E-state index contributed by atoms with van der Waals surface area (Å²) in [5.74, 6) is -0.0363. The van der Waals surface area contributed by atoms with Gasteiger partial charge in [-0.05, 0) is 25.7 Å². The summed E-state index contributed by atoms with van der Waals surface area (Å²) in [5.41, 5.74) is -0.879. The summed E-state index contributed by atoms with van der Waals surface area (Å²) in [7, 11) is 1.63. The molecule has 0 spiro atoms. The lowest BCUT2D eigenvalue weighted by molar-refractivity contribution is -0.142. The van der Waals surface area contributed by atoms with E-state index in [1.54, 1.807) is 7.11 Å². The summed E-state index contributed by atoms with van der Waals surface area (Å²) in [4.78, 5) is 14.6. The minimum atomic E-state index is -0.879. The zero-order valence-electron chi connectivity index (χ0n) is 13.0. The second-order valence-corrected chi connectivity index (χ2v) is 4.86. The standard InChI is InChI=1S/C15H28N2O2/c1-6-13(7-2)17(10-11-19-5)14(18)15(8-3,9-4)12-16/h13H,6-11H2,1-5H3. The summed E-state index contributed by atoms with van der Waals surface area (Å²) in [6, 6.07) is 2.43. The molecule has 110 valence electrons. The number of nitriles is 1. The Labute approximate surface area is 117 Å². The van der Waals surface area contributed by atoms with Crippen LogP contribution < -0.4 is 0 Å². The molecule has 0 aliphatic rings. The molecule has 0 saturated carbocycles. The van der Waals surface area contributed by atoms with Gasteiger partial charge in [-0.25, -0.2) is 0 Å². The molecule has 0 aromatic heterocycles. The van der Waals surface area contributed by atoms with Crippen molar-refractivity contribution in [1.29, 1.82) is 5.26 Å². The summed E-state index contributed by atoms with van der Waals surface area (Å²) in [5, 5.41) is 9.42. The predicted molar refractivity (Wildman–Crippen MR) is 76.6 cm³/mol. The molecule has 0 atom stereocenters. The molecule has 0 aliphatic carbocycles. The Balaban J connectivity index is 5.23. The van der Waals surface area contributed by atoms with E-state index < -0.39 is 5.41 Å². The molecular weight excluding hydrogens is 240 g/mol. The molecule has 0 saturated heterocycles. The van der Waals surface area contributed by atoms with Gasteiger partial charge >= 0.3 is 0 Å². The monoisotopic (exact) mass is 268 g/mol. The van der Waals surface area contributed by atoms with E-state index in [9.17, 15) is 10.1 Å². The van der Waals surface area contributed by atoms with E-state index in [1.165, 1.54) is 0 Å². The van der Waals surface area contributed by atoms with Crippen molar-refractivity contribution >= 4 is 5.91 Å². The van der Waals surface area contributed by atoms with Crippen LogP contribution in [0, 0.1) is 16.7 Å². The first-order valence-corrected chi connectivity index (χ1v) is 7.27. The molecule has 19 heavy (non-hydrogen) atoms. The van der Waals surface area contributed by atoms with E-state index in [-0.39, 0.29) is 11.9 Å². The first-order valence-electron chi connectivity index (χ1n) is 7.27. The molecule has 4 nitrogen and oxygen atoms in total. The molecule has 0 radical (unpaired) electrons. The maximum absolute atomic E-state index is 12.8. The molecule has 0 aromatic rings. The van der Waals surface area contributed by atoms with E-state index in [2.05, 4.69) is 19.9 Å². The fourth-order valence-electron chi connectivity index (χ4n) is 2.40. The Morgan fingerprint density at radius 2 is 1.79 bits per heavy atom. The van der Waals surface area contributed by atoms with Gasteiger partial charge in [0, 0.05) is 19.7 Å². The van der Waals surface area contributed by atoms with Crippen molar-refractivity contribution in [3.63, 3.8) is 0 Å². The first kappa shape index (κ1) is 17.9. The Kier molecular flexibility index (Phi) is 8.42. The molecule has 1 amide bonds. The molecule has 0 N–H and O–H groups in total. The highest BCUT2D eigenvalue weighted by Crippen LogP contribution is 2.29. The van der Waals surface area contributed by atoms with Crippen molar-refractivity contribution in [1.82, 2.24) is 4.90 Å². The first-order chi connectivity index (χ1) is 9.06. The van der Waals surface area contributed by atoms with Crippen LogP contribution >= 0.6 is 0 Å². The molecule has 0 unspecified atom stereocenters. The smallest absolute Gasteiger partial charge is 0.243 e. The van der Waals surface area contributed by atoms with Gasteiger partial charge in [0.2, 0.25) is 5.91 Å². The van der Waals surface area contributed by atoms with Crippen LogP contribution in [0.3, 0.4) is 0 Å². The maximum atomic E-state index is 12.8. The largest absolute Gasteiger partial charge is 0.383 e. The van der Waals surface area contributed by atoms with Gasteiger partial charge in [-0.1, -0.05) is 27.7 Å². The molecule has 0 aromatic carbocycles. The zero-order chi connectivity index (χ0) is 14.9. The van der Waals surface area contributed by atoms with Crippen molar-refractivity contribution in [2.45, 2.75) is 59.4 Å². The van der Waals surface area contributed by atoms with E-state index in [0.717, 1.165) is 12.8 Å². The number of carbonyl (C=O) groups is 1. The van der Waals surface area contributed by atoms with Crippen molar-refractivity contribution in [2.24, 2.45) is 5.41 Å². The number of methoxy groups -OCH3 is 1. The lowest BCUT2D eigenvalue weighted by Gasteiger charge is -2.36. The van der Waals surface area contributed by atoms with Crippen LogP contribution in [0.25, 0.3) is 0 Å². The highest BCUT2D eigenvalue weighted by Gasteiger charge is 2.39. The molecule has 0 bridgehead atoms. The van der Waals surface area contributed by atoms with E-state index >= 15 is 0 Å². The van der Waals surface area contributed by atoms with Crippen LogP contribution in [-0.4, -0.2) is 37.1 Å². The van der Waals surface area contributed by atoms with Crippen LogP contribution in [0.1, 0.15) is 53.4 Å². The fourth-order valence-corrected chi connectivity index (χ4v) is 2.40. The van der Waals surface area contributed by atoms with Gasteiger partial charge in [0.1, 0.15) is 5.41 Å². The molecule has 0 rings (SSSR count). The van der Waals surface area contributed by atoms with Crippen molar-refractivity contribution in [3.05, 3.63) is 0 Å². The van der Waals surface area contributed by atoms with Gasteiger partial charge in [-0.3, -0.25) is 4.79 Å². The number of ether oxygens (including phenoxy) is 1. The van der Waals surface area contributed by atoms with Crippen LogP contribution in [-0.2, 0) is 9.53 Å². The topological polar surface area (TPSA) is 53.3 Å². The zero-order valence-corrected chi connectivity index (χ0v) is 13.0. The average molecular weight is 268 g/mol. The summed E-state index contributed by atoms with van der Waals surface area (Å²) in [6.45, 7) is 9.04. The van der Waals surface area contributed by atoms with Crippen LogP contribution in [0.4, 0.5) is 0 Å². The van der Waals surface area contributed by atoms with Gasteiger partial charge in [-0.15, -0.1) is 0 Å². The van der Waals surface area contributed by atoms with Crippen molar-refractivity contribution < 1.29 is 9.53 Å². The highest BCUT2D eigenvalue weighted by molar-refractivity contribution is 5.85. The maximum Gasteiger partial charge on any atom is 0.243 e. The van der Waals surface area contributed by atoms with E-state index in [0.29, 0.717) is 26.0 Å². The Bertz CT molecular complexity index is 302. The normalized spacial score (nSPS) is 11.4. The van der Waals surface area contributed by atoms with Gasteiger partial charge in [-0.2, -0.15) is 5.26 Å². The predicted octanol–water partition coefficient (Wildman–Crippen LogP) is 2.98. The number of hydrogen-bond acceptors (Lipinski definition) is 3. The van der Waals surface area contributed by atoms with Gasteiger partial charge in [0.25, 0.3) is 0 Å². The van der Waals surface area contributed by atoms with Gasteiger partial charge in [0.05, 0.1) is 12.7 Å². The summed E-state index contributed by atoms with van der Waals surface area (Å²) >= 11 is 0. The third-order valence-corrected chi connectivity index (χ3v) is 4.01. The highest BCUT2D eigenvalue weighted by atomic mass is 16.5. The van der Waals surface area contributed by atoms with Crippen molar-refractivity contribution in [3.8, 4) is 6.07 Å². The second kappa shape index (κ2) is 8.92. The summed E-state index contributed by atoms with van der Waals surface area (Å²) in [6.07, 6.45) is 2.92. The minimum Gasteiger partial charge on any atom is -0.383 e.